The first-order valence-electron chi connectivity index (χ1n) is 6.20. The van der Waals surface area contributed by atoms with Gasteiger partial charge in [-0.2, -0.15) is 0 Å². The minimum absolute atomic E-state index is 0.0441. The van der Waals surface area contributed by atoms with E-state index in [9.17, 15) is 9.00 Å². The molecule has 1 aromatic rings. The van der Waals surface area contributed by atoms with E-state index in [4.69, 9.17) is 4.52 Å². The van der Waals surface area contributed by atoms with Crippen LogP contribution in [0.1, 0.15) is 37.1 Å². The monoisotopic (exact) mass is 270 g/mol. The number of amides is 1. The van der Waals surface area contributed by atoms with Gasteiger partial charge in [-0.25, -0.2) is 0 Å². The highest BCUT2D eigenvalue weighted by Crippen LogP contribution is 2.17. The van der Waals surface area contributed by atoms with Crippen LogP contribution in [0.15, 0.2) is 10.6 Å². The van der Waals surface area contributed by atoms with Crippen molar-refractivity contribution in [1.82, 2.24) is 10.5 Å². The van der Waals surface area contributed by atoms with Crippen molar-refractivity contribution in [3.8, 4) is 0 Å². The van der Waals surface area contributed by atoms with E-state index in [0.29, 0.717) is 11.5 Å². The molecule has 1 aromatic heterocycles. The lowest BCUT2D eigenvalue weighted by molar-refractivity contribution is -0.119. The van der Waals surface area contributed by atoms with Crippen molar-refractivity contribution in [3.63, 3.8) is 0 Å². The summed E-state index contributed by atoms with van der Waals surface area (Å²) in [6, 6.07) is 2.02. The summed E-state index contributed by atoms with van der Waals surface area (Å²) >= 11 is 0. The molecule has 2 rings (SSSR count). The van der Waals surface area contributed by atoms with Crippen molar-refractivity contribution < 1.29 is 13.5 Å². The number of aromatic nitrogens is 1. The summed E-state index contributed by atoms with van der Waals surface area (Å²) in [4.78, 5) is 11.7. The van der Waals surface area contributed by atoms with Crippen molar-refractivity contribution in [2.45, 2.75) is 44.4 Å². The van der Waals surface area contributed by atoms with Gasteiger partial charge in [-0.1, -0.05) is 18.0 Å². The van der Waals surface area contributed by atoms with E-state index in [2.05, 4.69) is 10.5 Å². The van der Waals surface area contributed by atoms with Gasteiger partial charge in [0.15, 0.2) is 0 Å². The van der Waals surface area contributed by atoms with E-state index >= 15 is 0 Å². The maximum Gasteiger partial charge on any atom is 0.232 e. The van der Waals surface area contributed by atoms with E-state index in [0.717, 1.165) is 12.8 Å². The second-order valence-corrected chi connectivity index (χ2v) is 6.16. The number of carbonyl (C=O) groups is 1. The van der Waals surface area contributed by atoms with Gasteiger partial charge in [-0.05, 0) is 19.8 Å². The average Bonchev–Trinajstić information content (AvgIpc) is 2.90. The van der Waals surface area contributed by atoms with Crippen LogP contribution < -0.4 is 5.32 Å². The van der Waals surface area contributed by atoms with Crippen LogP contribution in [-0.2, 0) is 21.3 Å². The number of rotatable bonds is 5. The predicted molar refractivity (Wildman–Crippen MR) is 68.4 cm³/mol. The zero-order valence-electron chi connectivity index (χ0n) is 10.5. The minimum atomic E-state index is -1.22. The minimum Gasteiger partial charge on any atom is -0.361 e. The maximum atomic E-state index is 11.8. The third-order valence-electron chi connectivity index (χ3n) is 3.00. The van der Waals surface area contributed by atoms with Crippen LogP contribution in [-0.4, -0.2) is 27.1 Å². The van der Waals surface area contributed by atoms with Gasteiger partial charge in [0.25, 0.3) is 0 Å². The summed E-state index contributed by atoms with van der Waals surface area (Å²) in [7, 11) is -1.22. The maximum absolute atomic E-state index is 11.8. The molecule has 0 radical (unpaired) electrons. The molecule has 1 atom stereocenters. The van der Waals surface area contributed by atoms with Gasteiger partial charge < -0.3 is 9.84 Å². The first kappa shape index (κ1) is 13.3. The molecule has 0 bridgehead atoms. The molecular formula is C12H18N2O3S. The normalized spacial score (nSPS) is 17.8. The quantitative estimate of drug-likeness (QED) is 0.875. The summed E-state index contributed by atoms with van der Waals surface area (Å²) in [5.74, 6) is 0.885. The zero-order chi connectivity index (χ0) is 13.0. The molecule has 0 aliphatic heterocycles. The molecule has 1 heterocycles. The van der Waals surface area contributed by atoms with Crippen LogP contribution in [0.5, 0.6) is 0 Å². The van der Waals surface area contributed by atoms with Crippen molar-refractivity contribution in [2.24, 2.45) is 0 Å². The van der Waals surface area contributed by atoms with E-state index < -0.39 is 10.8 Å². The van der Waals surface area contributed by atoms with Crippen LogP contribution in [0.2, 0.25) is 0 Å². The summed E-state index contributed by atoms with van der Waals surface area (Å²) in [6.07, 6.45) is 4.43. The Labute approximate surface area is 109 Å². The number of aryl methyl sites for hydroxylation is 1. The SMILES string of the molecule is Cc1cc(C[S@@](=O)CC(=O)NC2CCCC2)no1. The lowest BCUT2D eigenvalue weighted by Gasteiger charge is -2.11. The molecule has 1 N–H and O–H groups in total. The third-order valence-corrected chi connectivity index (χ3v) is 4.20. The lowest BCUT2D eigenvalue weighted by Crippen LogP contribution is -2.35. The number of hydrogen-bond donors (Lipinski definition) is 1. The molecule has 5 nitrogen and oxygen atoms in total. The largest absolute Gasteiger partial charge is 0.361 e. The highest BCUT2D eigenvalue weighted by Gasteiger charge is 2.18. The van der Waals surface area contributed by atoms with Crippen molar-refractivity contribution >= 4 is 16.7 Å². The van der Waals surface area contributed by atoms with E-state index in [1.165, 1.54) is 12.8 Å². The predicted octanol–water partition coefficient (Wildman–Crippen LogP) is 1.29. The Hall–Kier alpha value is -1.17. The average molecular weight is 270 g/mol. The Morgan fingerprint density at radius 2 is 2.28 bits per heavy atom. The first-order valence-corrected chi connectivity index (χ1v) is 7.69. The number of hydrogen-bond acceptors (Lipinski definition) is 4. The Morgan fingerprint density at radius 1 is 1.56 bits per heavy atom. The summed E-state index contributed by atoms with van der Waals surface area (Å²) < 4.78 is 16.7. The molecule has 1 amide bonds. The summed E-state index contributed by atoms with van der Waals surface area (Å²) in [5, 5.41) is 6.69. The number of carbonyl (C=O) groups excluding carboxylic acids is 1. The van der Waals surface area contributed by atoms with Crippen molar-refractivity contribution in [1.29, 1.82) is 0 Å². The van der Waals surface area contributed by atoms with Crippen LogP contribution in [0.4, 0.5) is 0 Å². The second-order valence-electron chi connectivity index (χ2n) is 4.71. The summed E-state index contributed by atoms with van der Waals surface area (Å²) in [5.41, 5.74) is 0.638. The number of nitrogens with zero attached hydrogens (tertiary/aromatic N) is 1. The molecule has 0 unspecified atom stereocenters. The van der Waals surface area contributed by atoms with Gasteiger partial charge in [0.2, 0.25) is 5.91 Å². The Bertz CT molecular complexity index is 438. The van der Waals surface area contributed by atoms with Gasteiger partial charge in [0, 0.05) is 22.9 Å². The van der Waals surface area contributed by atoms with Gasteiger partial charge >= 0.3 is 0 Å². The summed E-state index contributed by atoms with van der Waals surface area (Å²) in [6.45, 7) is 1.78. The molecular weight excluding hydrogens is 252 g/mol. The molecule has 100 valence electrons. The lowest BCUT2D eigenvalue weighted by atomic mass is 10.2. The molecule has 0 aromatic carbocycles. The van der Waals surface area contributed by atoms with E-state index in [-0.39, 0.29) is 23.5 Å². The van der Waals surface area contributed by atoms with Crippen LogP contribution in [0.25, 0.3) is 0 Å². The standard InChI is InChI=1S/C12H18N2O3S/c1-9-6-11(14-17-9)7-18(16)8-12(15)13-10-4-2-3-5-10/h6,10H,2-5,7-8H2,1H3,(H,13,15)/t18-/m1/s1. The van der Waals surface area contributed by atoms with Crippen LogP contribution in [0.3, 0.4) is 0 Å². The fourth-order valence-corrected chi connectivity index (χ4v) is 3.13. The molecule has 6 heteroatoms. The van der Waals surface area contributed by atoms with E-state index in [1.807, 2.05) is 0 Å². The molecule has 1 aliphatic carbocycles. The molecule has 1 aliphatic rings. The van der Waals surface area contributed by atoms with Crippen molar-refractivity contribution in [3.05, 3.63) is 17.5 Å². The molecule has 1 fully saturated rings. The van der Waals surface area contributed by atoms with Gasteiger partial charge in [0.1, 0.15) is 11.5 Å². The second kappa shape index (κ2) is 6.13. The zero-order valence-corrected chi connectivity index (χ0v) is 11.3. The molecule has 18 heavy (non-hydrogen) atoms. The fraction of sp³-hybridized carbons (Fsp3) is 0.667. The van der Waals surface area contributed by atoms with Gasteiger partial charge in [-0.3, -0.25) is 9.00 Å². The fourth-order valence-electron chi connectivity index (χ4n) is 2.19. The topological polar surface area (TPSA) is 72.2 Å². The Balaban J connectivity index is 1.74. The number of nitrogens with one attached hydrogen (secondary N) is 1. The van der Waals surface area contributed by atoms with Crippen LogP contribution in [0, 0.1) is 6.92 Å². The Kier molecular flexibility index (Phi) is 4.52. The molecule has 0 saturated heterocycles. The third kappa shape index (κ3) is 3.94. The van der Waals surface area contributed by atoms with Crippen molar-refractivity contribution in [2.75, 3.05) is 5.75 Å². The Morgan fingerprint density at radius 3 is 2.89 bits per heavy atom. The van der Waals surface area contributed by atoms with Crippen LogP contribution >= 0.6 is 0 Å². The highest BCUT2D eigenvalue weighted by atomic mass is 32.2. The smallest absolute Gasteiger partial charge is 0.232 e. The highest BCUT2D eigenvalue weighted by molar-refractivity contribution is 7.84. The first-order chi connectivity index (χ1) is 8.63. The molecule has 0 spiro atoms. The van der Waals surface area contributed by atoms with Gasteiger partial charge in [0.05, 0.1) is 11.4 Å². The van der Waals surface area contributed by atoms with E-state index in [1.54, 1.807) is 13.0 Å². The van der Waals surface area contributed by atoms with Gasteiger partial charge in [-0.15, -0.1) is 0 Å². The molecule has 1 saturated carbocycles.